The van der Waals surface area contributed by atoms with Gasteiger partial charge in [-0.2, -0.15) is 0 Å². The number of carbonyl (C=O) groups is 2. The smallest absolute Gasteiger partial charge is 0.311 e. The first-order valence-electron chi connectivity index (χ1n) is 11.2. The number of fused-ring (bicyclic) bond motifs is 1. The Morgan fingerprint density at radius 2 is 1.91 bits per heavy atom. The van der Waals surface area contributed by atoms with Crippen molar-refractivity contribution < 1.29 is 19.1 Å². The Kier molecular flexibility index (Phi) is 6.84. The standard InChI is InChI=1S/C27H28N2O4S/c1-5-32-24(31)14-20-15-29-22(16-30)25(28-26(29)34-20)21-13-19(27(2,3)4)11-12-23(21)33-17-18-9-7-6-8-10-18/h6-13,15-16H,5,14,17H2,1-4H3. The lowest BCUT2D eigenvalue weighted by Crippen LogP contribution is -2.11. The van der Waals surface area contributed by atoms with Gasteiger partial charge in [0.05, 0.1) is 13.0 Å². The van der Waals surface area contributed by atoms with Gasteiger partial charge >= 0.3 is 5.97 Å². The van der Waals surface area contributed by atoms with E-state index in [4.69, 9.17) is 14.5 Å². The number of thiazole rings is 1. The normalized spacial score (nSPS) is 11.5. The minimum atomic E-state index is -0.297. The first-order valence-corrected chi connectivity index (χ1v) is 12.0. The van der Waals surface area contributed by atoms with Crippen LogP contribution in [0.1, 0.15) is 54.2 Å². The first kappa shape index (κ1) is 23.7. The molecule has 6 nitrogen and oxygen atoms in total. The van der Waals surface area contributed by atoms with E-state index in [1.54, 1.807) is 17.5 Å². The van der Waals surface area contributed by atoms with Crippen molar-refractivity contribution in [2.45, 2.75) is 46.1 Å². The third-order valence-corrected chi connectivity index (χ3v) is 6.47. The van der Waals surface area contributed by atoms with Crippen LogP contribution >= 0.6 is 11.3 Å². The predicted molar refractivity (Wildman–Crippen MR) is 134 cm³/mol. The largest absolute Gasteiger partial charge is 0.488 e. The minimum absolute atomic E-state index is 0.0853. The average molecular weight is 477 g/mol. The molecule has 0 fully saturated rings. The second-order valence-electron chi connectivity index (χ2n) is 9.03. The Labute approximate surface area is 203 Å². The molecule has 0 unspecified atom stereocenters. The molecule has 0 radical (unpaired) electrons. The Morgan fingerprint density at radius 1 is 1.15 bits per heavy atom. The SMILES string of the molecule is CCOC(=O)Cc1cn2c(C=O)c(-c3cc(C(C)(C)C)ccc3OCc3ccccc3)nc2s1. The third-order valence-electron chi connectivity index (χ3n) is 5.48. The molecule has 0 atom stereocenters. The molecule has 4 rings (SSSR count). The zero-order valence-corrected chi connectivity index (χ0v) is 20.6. The number of imidazole rings is 1. The highest BCUT2D eigenvalue weighted by atomic mass is 32.1. The van der Waals surface area contributed by atoms with E-state index in [9.17, 15) is 9.59 Å². The Morgan fingerprint density at radius 3 is 2.59 bits per heavy atom. The van der Waals surface area contributed by atoms with Gasteiger partial charge in [-0.3, -0.25) is 14.0 Å². The molecule has 0 saturated carbocycles. The summed E-state index contributed by atoms with van der Waals surface area (Å²) in [6.45, 7) is 8.95. The Bertz CT molecular complexity index is 1320. The lowest BCUT2D eigenvalue weighted by molar-refractivity contribution is -0.142. The summed E-state index contributed by atoms with van der Waals surface area (Å²) in [7, 11) is 0. The summed E-state index contributed by atoms with van der Waals surface area (Å²) >= 11 is 1.37. The number of hydrogen-bond donors (Lipinski definition) is 0. The topological polar surface area (TPSA) is 69.9 Å². The second kappa shape index (κ2) is 9.81. The number of hydrogen-bond acceptors (Lipinski definition) is 6. The van der Waals surface area contributed by atoms with Crippen molar-refractivity contribution in [1.29, 1.82) is 0 Å². The fourth-order valence-corrected chi connectivity index (χ4v) is 4.67. The van der Waals surface area contributed by atoms with Crippen molar-refractivity contribution in [1.82, 2.24) is 9.38 Å². The van der Waals surface area contributed by atoms with Crippen LogP contribution in [-0.4, -0.2) is 28.2 Å². The van der Waals surface area contributed by atoms with E-state index < -0.39 is 0 Å². The van der Waals surface area contributed by atoms with Crippen molar-refractivity contribution in [3.05, 3.63) is 76.4 Å². The molecular weight excluding hydrogens is 448 g/mol. The summed E-state index contributed by atoms with van der Waals surface area (Å²) in [4.78, 5) is 30.3. The van der Waals surface area contributed by atoms with Crippen LogP contribution in [-0.2, 0) is 28.0 Å². The average Bonchev–Trinajstić information content (AvgIpc) is 3.34. The second-order valence-corrected chi connectivity index (χ2v) is 10.1. The Balaban J connectivity index is 1.76. The Hall–Kier alpha value is -3.45. The van der Waals surface area contributed by atoms with Crippen LogP contribution in [0.2, 0.25) is 0 Å². The van der Waals surface area contributed by atoms with E-state index in [2.05, 4.69) is 32.9 Å². The fraction of sp³-hybridized carbons (Fsp3) is 0.296. The lowest BCUT2D eigenvalue weighted by Gasteiger charge is -2.21. The van der Waals surface area contributed by atoms with E-state index in [1.165, 1.54) is 11.3 Å². The van der Waals surface area contributed by atoms with Crippen molar-refractivity contribution in [2.24, 2.45) is 0 Å². The van der Waals surface area contributed by atoms with Crippen molar-refractivity contribution in [3.63, 3.8) is 0 Å². The summed E-state index contributed by atoms with van der Waals surface area (Å²) in [5, 5.41) is 0. The van der Waals surface area contributed by atoms with Crippen LogP contribution in [0.5, 0.6) is 5.75 Å². The molecule has 176 valence electrons. The van der Waals surface area contributed by atoms with Crippen LogP contribution in [0.4, 0.5) is 0 Å². The summed E-state index contributed by atoms with van der Waals surface area (Å²) in [6.07, 6.45) is 2.75. The van der Waals surface area contributed by atoms with Gasteiger partial charge in [0.1, 0.15) is 23.7 Å². The van der Waals surface area contributed by atoms with E-state index >= 15 is 0 Å². The van der Waals surface area contributed by atoms with Crippen LogP contribution in [0.25, 0.3) is 16.2 Å². The molecule has 0 bridgehead atoms. The van der Waals surface area contributed by atoms with Gasteiger partial charge in [-0.15, -0.1) is 11.3 Å². The van der Waals surface area contributed by atoms with Crippen LogP contribution in [0, 0.1) is 0 Å². The summed E-state index contributed by atoms with van der Waals surface area (Å²) in [5.41, 5.74) is 3.85. The van der Waals surface area contributed by atoms with E-state index in [0.717, 1.165) is 27.9 Å². The minimum Gasteiger partial charge on any atom is -0.488 e. The predicted octanol–water partition coefficient (Wildman–Crippen LogP) is 5.86. The maximum atomic E-state index is 12.2. The van der Waals surface area contributed by atoms with Crippen LogP contribution < -0.4 is 4.74 Å². The highest BCUT2D eigenvalue weighted by Crippen LogP contribution is 2.37. The molecule has 2 heterocycles. The molecule has 0 amide bonds. The number of carbonyl (C=O) groups excluding carboxylic acids is 2. The molecule has 4 aromatic rings. The van der Waals surface area contributed by atoms with Gasteiger partial charge < -0.3 is 9.47 Å². The number of nitrogens with zero attached hydrogens (tertiary/aromatic N) is 2. The monoisotopic (exact) mass is 476 g/mol. The highest BCUT2D eigenvalue weighted by molar-refractivity contribution is 7.17. The molecular formula is C27H28N2O4S. The van der Waals surface area contributed by atoms with Crippen molar-refractivity contribution in [2.75, 3.05) is 6.61 Å². The van der Waals surface area contributed by atoms with Gasteiger partial charge in [0.25, 0.3) is 0 Å². The fourth-order valence-electron chi connectivity index (χ4n) is 3.70. The highest BCUT2D eigenvalue weighted by Gasteiger charge is 2.23. The van der Waals surface area contributed by atoms with E-state index in [1.807, 2.05) is 36.4 Å². The number of benzene rings is 2. The number of ether oxygens (including phenoxy) is 2. The van der Waals surface area contributed by atoms with E-state index in [-0.39, 0.29) is 17.8 Å². The number of rotatable bonds is 8. The van der Waals surface area contributed by atoms with Crippen molar-refractivity contribution >= 4 is 28.6 Å². The van der Waals surface area contributed by atoms with Crippen LogP contribution in [0.3, 0.4) is 0 Å². The number of aromatic nitrogens is 2. The van der Waals surface area contributed by atoms with Gasteiger partial charge in [0, 0.05) is 16.6 Å². The van der Waals surface area contributed by atoms with Gasteiger partial charge in [0.2, 0.25) is 0 Å². The maximum absolute atomic E-state index is 12.2. The number of esters is 1. The van der Waals surface area contributed by atoms with Crippen molar-refractivity contribution in [3.8, 4) is 17.0 Å². The maximum Gasteiger partial charge on any atom is 0.311 e. The molecule has 0 aliphatic rings. The molecule has 0 N–H and O–H groups in total. The quantitative estimate of drug-likeness (QED) is 0.235. The summed E-state index contributed by atoms with van der Waals surface area (Å²) in [6, 6.07) is 16.0. The molecule has 2 aromatic carbocycles. The van der Waals surface area contributed by atoms with Gasteiger partial charge in [0.15, 0.2) is 11.2 Å². The van der Waals surface area contributed by atoms with Crippen LogP contribution in [0.15, 0.2) is 54.7 Å². The molecule has 0 saturated heterocycles. The van der Waals surface area contributed by atoms with Gasteiger partial charge in [-0.1, -0.05) is 57.2 Å². The van der Waals surface area contributed by atoms with Gasteiger partial charge in [-0.25, -0.2) is 4.98 Å². The molecule has 0 aliphatic carbocycles. The summed E-state index contributed by atoms with van der Waals surface area (Å²) < 4.78 is 13.0. The molecule has 0 aliphatic heterocycles. The summed E-state index contributed by atoms with van der Waals surface area (Å²) in [5.74, 6) is 0.367. The lowest BCUT2D eigenvalue weighted by atomic mass is 9.85. The zero-order valence-electron chi connectivity index (χ0n) is 19.8. The first-order chi connectivity index (χ1) is 16.3. The molecule has 0 spiro atoms. The molecule has 2 aromatic heterocycles. The zero-order chi connectivity index (χ0) is 24.3. The third kappa shape index (κ3) is 5.04. The van der Waals surface area contributed by atoms with E-state index in [0.29, 0.717) is 35.3 Å². The van der Waals surface area contributed by atoms with Gasteiger partial charge in [-0.05, 0) is 35.6 Å². The molecule has 7 heteroatoms. The number of aldehydes is 1. The molecule has 34 heavy (non-hydrogen) atoms.